The van der Waals surface area contributed by atoms with Gasteiger partial charge in [-0.3, -0.25) is 4.79 Å². The molecule has 0 aromatic heterocycles. The number of likely N-dealkylation sites (N-methyl/N-ethyl adjacent to an activating group) is 1. The molecule has 1 heterocycles. The van der Waals surface area contributed by atoms with Gasteiger partial charge >= 0.3 is 0 Å². The van der Waals surface area contributed by atoms with E-state index in [9.17, 15) is 4.79 Å². The number of methoxy groups -OCH3 is 1. The molecule has 0 spiro atoms. The summed E-state index contributed by atoms with van der Waals surface area (Å²) in [4.78, 5) is 13.8. The van der Waals surface area contributed by atoms with E-state index in [1.807, 2.05) is 20.8 Å². The summed E-state index contributed by atoms with van der Waals surface area (Å²) in [7, 11) is 1.65. The lowest BCUT2D eigenvalue weighted by atomic mass is 10.0. The Balaban J connectivity index is 2.37. The van der Waals surface area contributed by atoms with Crippen molar-refractivity contribution in [2.75, 3.05) is 40.0 Å². The molecule has 0 aromatic carbocycles. The molecule has 1 saturated heterocycles. The average molecular weight is 244 g/mol. The molecular formula is C12H24N2O3. The van der Waals surface area contributed by atoms with E-state index >= 15 is 0 Å². The van der Waals surface area contributed by atoms with Gasteiger partial charge in [0.1, 0.15) is 6.61 Å². The summed E-state index contributed by atoms with van der Waals surface area (Å²) in [6.07, 6.45) is 0. The van der Waals surface area contributed by atoms with Crippen LogP contribution in [0.4, 0.5) is 0 Å². The van der Waals surface area contributed by atoms with Crippen LogP contribution in [0.25, 0.3) is 0 Å². The van der Waals surface area contributed by atoms with Gasteiger partial charge in [-0.1, -0.05) is 0 Å². The molecule has 1 rings (SSSR count). The van der Waals surface area contributed by atoms with Gasteiger partial charge in [0.15, 0.2) is 0 Å². The SMILES string of the molecule is CCN(C(=O)COC1(C)CNC1)C(C)COC. The molecule has 0 radical (unpaired) electrons. The third kappa shape index (κ3) is 3.94. The van der Waals surface area contributed by atoms with Crippen LogP contribution in [0.5, 0.6) is 0 Å². The van der Waals surface area contributed by atoms with Crippen LogP contribution >= 0.6 is 0 Å². The van der Waals surface area contributed by atoms with Crippen molar-refractivity contribution in [1.29, 1.82) is 0 Å². The third-order valence-corrected chi connectivity index (χ3v) is 3.14. The highest BCUT2D eigenvalue weighted by atomic mass is 16.5. The zero-order chi connectivity index (χ0) is 12.9. The fourth-order valence-electron chi connectivity index (χ4n) is 1.96. The van der Waals surface area contributed by atoms with Crippen LogP contribution in [0.3, 0.4) is 0 Å². The quantitative estimate of drug-likeness (QED) is 0.697. The van der Waals surface area contributed by atoms with Crippen LogP contribution in [0, 0.1) is 0 Å². The van der Waals surface area contributed by atoms with Gasteiger partial charge in [0.2, 0.25) is 5.91 Å². The van der Waals surface area contributed by atoms with Gasteiger partial charge in [-0.05, 0) is 20.8 Å². The molecule has 0 aliphatic carbocycles. The lowest BCUT2D eigenvalue weighted by Crippen LogP contribution is -2.60. The Morgan fingerprint density at radius 1 is 1.53 bits per heavy atom. The molecule has 0 bridgehead atoms. The molecule has 1 amide bonds. The minimum Gasteiger partial charge on any atom is -0.383 e. The summed E-state index contributed by atoms with van der Waals surface area (Å²) in [5.74, 6) is 0.0326. The first-order valence-electron chi connectivity index (χ1n) is 6.15. The highest BCUT2D eigenvalue weighted by molar-refractivity contribution is 5.77. The maximum absolute atomic E-state index is 12.0. The molecular weight excluding hydrogens is 220 g/mol. The molecule has 1 aliphatic rings. The van der Waals surface area contributed by atoms with E-state index in [1.54, 1.807) is 12.0 Å². The fourth-order valence-corrected chi connectivity index (χ4v) is 1.96. The third-order valence-electron chi connectivity index (χ3n) is 3.14. The van der Waals surface area contributed by atoms with Gasteiger partial charge in [-0.15, -0.1) is 0 Å². The zero-order valence-electron chi connectivity index (χ0n) is 11.3. The molecule has 17 heavy (non-hydrogen) atoms. The molecule has 0 saturated carbocycles. The van der Waals surface area contributed by atoms with E-state index in [0.29, 0.717) is 13.2 Å². The van der Waals surface area contributed by atoms with Gasteiger partial charge in [0.05, 0.1) is 18.2 Å². The van der Waals surface area contributed by atoms with Crippen molar-refractivity contribution in [3.05, 3.63) is 0 Å². The van der Waals surface area contributed by atoms with E-state index in [4.69, 9.17) is 9.47 Å². The van der Waals surface area contributed by atoms with Crippen molar-refractivity contribution >= 4 is 5.91 Å². The topological polar surface area (TPSA) is 50.8 Å². The number of carbonyl (C=O) groups excluding carboxylic acids is 1. The number of rotatable bonds is 7. The van der Waals surface area contributed by atoms with Gasteiger partial charge in [0.25, 0.3) is 0 Å². The van der Waals surface area contributed by atoms with Gasteiger partial charge in [0, 0.05) is 26.7 Å². The van der Waals surface area contributed by atoms with Crippen molar-refractivity contribution in [2.24, 2.45) is 0 Å². The molecule has 1 N–H and O–H groups in total. The largest absolute Gasteiger partial charge is 0.383 e. The summed E-state index contributed by atoms with van der Waals surface area (Å²) in [5.41, 5.74) is -0.167. The molecule has 1 aliphatic heterocycles. The van der Waals surface area contributed by atoms with E-state index in [2.05, 4.69) is 5.32 Å². The molecule has 1 atom stereocenters. The average Bonchev–Trinajstić information content (AvgIpc) is 2.25. The lowest BCUT2D eigenvalue weighted by molar-refractivity contribution is -0.148. The second kappa shape index (κ2) is 6.33. The van der Waals surface area contributed by atoms with Crippen LogP contribution in [0.2, 0.25) is 0 Å². The molecule has 1 fully saturated rings. The Morgan fingerprint density at radius 3 is 2.59 bits per heavy atom. The summed E-state index contributed by atoms with van der Waals surface area (Å²) in [6, 6.07) is 0.0911. The van der Waals surface area contributed by atoms with E-state index in [1.165, 1.54) is 0 Å². The van der Waals surface area contributed by atoms with E-state index in [-0.39, 0.29) is 24.2 Å². The first-order chi connectivity index (χ1) is 8.02. The number of nitrogens with one attached hydrogen (secondary N) is 1. The van der Waals surface area contributed by atoms with Crippen LogP contribution in [0.15, 0.2) is 0 Å². The number of nitrogens with zero attached hydrogens (tertiary/aromatic N) is 1. The Bertz CT molecular complexity index is 254. The van der Waals surface area contributed by atoms with Crippen molar-refractivity contribution < 1.29 is 14.3 Å². The smallest absolute Gasteiger partial charge is 0.248 e. The summed E-state index contributed by atoms with van der Waals surface area (Å²) >= 11 is 0. The minimum absolute atomic E-state index is 0.0326. The monoisotopic (exact) mass is 244 g/mol. The maximum atomic E-state index is 12.0. The fraction of sp³-hybridized carbons (Fsp3) is 0.917. The Labute approximate surface area is 103 Å². The molecule has 100 valence electrons. The molecule has 5 nitrogen and oxygen atoms in total. The Morgan fingerprint density at radius 2 is 2.18 bits per heavy atom. The maximum Gasteiger partial charge on any atom is 0.248 e. The van der Waals surface area contributed by atoms with Crippen LogP contribution in [-0.2, 0) is 14.3 Å². The van der Waals surface area contributed by atoms with E-state index < -0.39 is 0 Å². The zero-order valence-corrected chi connectivity index (χ0v) is 11.3. The normalized spacial score (nSPS) is 19.5. The predicted octanol–water partition coefficient (Wildman–Crippen LogP) is 0.248. The predicted molar refractivity (Wildman–Crippen MR) is 66.0 cm³/mol. The standard InChI is InChI=1S/C12H24N2O3/c1-5-14(10(2)6-16-4)11(15)7-17-12(3)8-13-9-12/h10,13H,5-9H2,1-4H3. The second-order valence-corrected chi connectivity index (χ2v) is 4.83. The molecule has 5 heteroatoms. The highest BCUT2D eigenvalue weighted by Crippen LogP contribution is 2.15. The number of carbonyl (C=O) groups is 1. The number of hydrogen-bond acceptors (Lipinski definition) is 4. The van der Waals surface area contributed by atoms with E-state index in [0.717, 1.165) is 13.1 Å². The first kappa shape index (κ1) is 14.4. The Hall–Kier alpha value is -0.650. The molecule has 1 unspecified atom stereocenters. The summed E-state index contributed by atoms with van der Waals surface area (Å²) < 4.78 is 10.7. The second-order valence-electron chi connectivity index (χ2n) is 4.83. The summed E-state index contributed by atoms with van der Waals surface area (Å²) in [6.45, 7) is 9.00. The Kier molecular flexibility index (Phi) is 5.36. The highest BCUT2D eigenvalue weighted by Gasteiger charge is 2.33. The lowest BCUT2D eigenvalue weighted by Gasteiger charge is -2.39. The molecule has 0 aromatic rings. The number of amides is 1. The number of ether oxygens (including phenoxy) is 2. The van der Waals surface area contributed by atoms with Crippen molar-refractivity contribution in [2.45, 2.75) is 32.4 Å². The van der Waals surface area contributed by atoms with Crippen molar-refractivity contribution in [3.8, 4) is 0 Å². The van der Waals surface area contributed by atoms with Gasteiger partial charge in [-0.2, -0.15) is 0 Å². The first-order valence-corrected chi connectivity index (χ1v) is 6.15. The van der Waals surface area contributed by atoms with Crippen molar-refractivity contribution in [3.63, 3.8) is 0 Å². The van der Waals surface area contributed by atoms with Crippen LogP contribution in [-0.4, -0.2) is 62.4 Å². The summed E-state index contributed by atoms with van der Waals surface area (Å²) in [5, 5.41) is 3.14. The number of hydrogen-bond donors (Lipinski definition) is 1. The van der Waals surface area contributed by atoms with Gasteiger partial charge in [-0.25, -0.2) is 0 Å². The van der Waals surface area contributed by atoms with Crippen LogP contribution < -0.4 is 5.32 Å². The van der Waals surface area contributed by atoms with Crippen molar-refractivity contribution in [1.82, 2.24) is 10.2 Å². The van der Waals surface area contributed by atoms with Crippen LogP contribution in [0.1, 0.15) is 20.8 Å². The minimum atomic E-state index is -0.167. The van der Waals surface area contributed by atoms with Gasteiger partial charge < -0.3 is 19.7 Å².